The Bertz CT molecular complexity index is 525. The summed E-state index contributed by atoms with van der Waals surface area (Å²) in [6.45, 7) is 3.37. The van der Waals surface area contributed by atoms with Gasteiger partial charge in [-0.25, -0.2) is 0 Å². The molecule has 0 radical (unpaired) electrons. The number of rotatable bonds is 5. The molecule has 6 nitrogen and oxygen atoms in total. The van der Waals surface area contributed by atoms with Gasteiger partial charge in [0.25, 0.3) is 5.69 Å². The number of hydrogen-bond donors (Lipinski definition) is 1. The monoisotopic (exact) mass is 283 g/mol. The van der Waals surface area contributed by atoms with E-state index in [0.29, 0.717) is 12.2 Å². The van der Waals surface area contributed by atoms with Crippen molar-refractivity contribution in [2.75, 3.05) is 0 Å². The third-order valence-corrected chi connectivity index (χ3v) is 2.72. The van der Waals surface area contributed by atoms with Gasteiger partial charge in [0.15, 0.2) is 0 Å². The van der Waals surface area contributed by atoms with Gasteiger partial charge in [0.1, 0.15) is 16.3 Å². The molecule has 2 unspecified atom stereocenters. The Labute approximate surface area is 115 Å². The Morgan fingerprint density at radius 1 is 1.68 bits per heavy atom. The predicted octanol–water partition coefficient (Wildman–Crippen LogP) is 2.65. The highest BCUT2D eigenvalue weighted by atomic mass is 35.5. The molecule has 0 spiro atoms. The van der Waals surface area contributed by atoms with Gasteiger partial charge in [0, 0.05) is 18.6 Å². The fourth-order valence-electron chi connectivity index (χ4n) is 1.63. The maximum Gasteiger partial charge on any atom is 0.288 e. The van der Waals surface area contributed by atoms with E-state index in [1.54, 1.807) is 13.8 Å². The fraction of sp³-hybridized carbons (Fsp3) is 0.417. The number of hydrogen-bond acceptors (Lipinski definition) is 5. The van der Waals surface area contributed by atoms with Crippen molar-refractivity contribution < 1.29 is 9.66 Å². The summed E-state index contributed by atoms with van der Waals surface area (Å²) in [4.78, 5) is 10.0. The number of nitrogens with zero attached hydrogens (tertiary/aromatic N) is 2. The summed E-state index contributed by atoms with van der Waals surface area (Å²) >= 11 is 5.77. The van der Waals surface area contributed by atoms with Gasteiger partial charge in [-0.3, -0.25) is 10.1 Å². The van der Waals surface area contributed by atoms with E-state index in [1.807, 2.05) is 6.07 Å². The quantitative estimate of drug-likeness (QED) is 0.661. The second kappa shape index (κ2) is 5.87. The SMILES string of the molecule is CC(CC(C)(N)C#N)Oc1ccc([N+](=O)[O-])c(Cl)c1. The zero-order chi connectivity index (χ0) is 14.6. The minimum Gasteiger partial charge on any atom is -0.491 e. The second-order valence-electron chi connectivity index (χ2n) is 4.53. The highest BCUT2D eigenvalue weighted by Gasteiger charge is 2.22. The molecule has 0 saturated carbocycles. The molecule has 1 aromatic rings. The summed E-state index contributed by atoms with van der Waals surface area (Å²) in [6.07, 6.45) is 0.0187. The first kappa shape index (κ1) is 15.2. The fourth-order valence-corrected chi connectivity index (χ4v) is 1.87. The molecule has 0 aliphatic rings. The molecule has 1 aromatic carbocycles. The Hall–Kier alpha value is -1.84. The van der Waals surface area contributed by atoms with Crippen LogP contribution >= 0.6 is 11.6 Å². The third-order valence-electron chi connectivity index (χ3n) is 2.42. The van der Waals surface area contributed by atoms with Crippen LogP contribution in [0.4, 0.5) is 5.69 Å². The van der Waals surface area contributed by atoms with Crippen LogP contribution in [0.15, 0.2) is 18.2 Å². The standard InChI is InChI=1S/C12H14ClN3O3/c1-8(6-12(2,15)7-14)19-9-3-4-11(16(17)18)10(13)5-9/h3-5,8H,6,15H2,1-2H3. The predicted molar refractivity (Wildman–Crippen MR) is 71.0 cm³/mol. The smallest absolute Gasteiger partial charge is 0.288 e. The number of nitro benzene ring substituents is 1. The minimum atomic E-state index is -0.982. The van der Waals surface area contributed by atoms with Crippen molar-refractivity contribution in [3.05, 3.63) is 33.3 Å². The number of ether oxygens (including phenoxy) is 1. The average molecular weight is 284 g/mol. The van der Waals surface area contributed by atoms with E-state index in [-0.39, 0.29) is 16.8 Å². The highest BCUT2D eigenvalue weighted by Crippen LogP contribution is 2.29. The van der Waals surface area contributed by atoms with E-state index in [9.17, 15) is 10.1 Å². The maximum atomic E-state index is 10.6. The molecule has 0 heterocycles. The lowest BCUT2D eigenvalue weighted by atomic mass is 9.98. The van der Waals surface area contributed by atoms with Gasteiger partial charge in [-0.2, -0.15) is 5.26 Å². The summed E-state index contributed by atoms with van der Waals surface area (Å²) in [5.41, 5.74) is 4.55. The molecular weight excluding hydrogens is 270 g/mol. The van der Waals surface area contributed by atoms with Gasteiger partial charge in [0.05, 0.1) is 17.1 Å². The van der Waals surface area contributed by atoms with E-state index < -0.39 is 10.5 Å². The Morgan fingerprint density at radius 2 is 2.32 bits per heavy atom. The third kappa shape index (κ3) is 4.39. The lowest BCUT2D eigenvalue weighted by Gasteiger charge is -2.21. The van der Waals surface area contributed by atoms with E-state index in [1.165, 1.54) is 18.2 Å². The first-order chi connectivity index (χ1) is 8.75. The lowest BCUT2D eigenvalue weighted by Crippen LogP contribution is -2.38. The molecule has 0 aliphatic heterocycles. The van der Waals surface area contributed by atoms with Gasteiger partial charge in [-0.05, 0) is 19.9 Å². The molecule has 0 fully saturated rings. The summed E-state index contributed by atoms with van der Waals surface area (Å²) in [5.74, 6) is 0.400. The van der Waals surface area contributed by atoms with Gasteiger partial charge >= 0.3 is 0 Å². The first-order valence-electron chi connectivity index (χ1n) is 5.56. The molecule has 0 aromatic heterocycles. The van der Waals surface area contributed by atoms with Crippen molar-refractivity contribution in [2.45, 2.75) is 31.9 Å². The van der Waals surface area contributed by atoms with Crippen molar-refractivity contribution in [3.8, 4) is 11.8 Å². The molecule has 0 aliphatic carbocycles. The minimum absolute atomic E-state index is 0.00509. The van der Waals surface area contributed by atoms with Crippen molar-refractivity contribution in [3.63, 3.8) is 0 Å². The molecule has 1 rings (SSSR count). The van der Waals surface area contributed by atoms with E-state index >= 15 is 0 Å². The molecule has 102 valence electrons. The van der Waals surface area contributed by atoms with Crippen molar-refractivity contribution in [1.82, 2.24) is 0 Å². The van der Waals surface area contributed by atoms with Crippen molar-refractivity contribution >= 4 is 17.3 Å². The number of halogens is 1. The van der Waals surface area contributed by atoms with Crippen LogP contribution in [0.2, 0.25) is 5.02 Å². The summed E-state index contributed by atoms with van der Waals surface area (Å²) in [7, 11) is 0. The zero-order valence-electron chi connectivity index (χ0n) is 10.6. The van der Waals surface area contributed by atoms with Crippen LogP contribution < -0.4 is 10.5 Å². The van der Waals surface area contributed by atoms with Gasteiger partial charge < -0.3 is 10.5 Å². The molecule has 2 atom stereocenters. The summed E-state index contributed by atoms with van der Waals surface area (Å²) in [5, 5.41) is 19.4. The number of nitro groups is 1. The van der Waals surface area contributed by atoms with Crippen LogP contribution in [0.1, 0.15) is 20.3 Å². The van der Waals surface area contributed by atoms with Gasteiger partial charge in [-0.15, -0.1) is 0 Å². The molecule has 7 heteroatoms. The lowest BCUT2D eigenvalue weighted by molar-refractivity contribution is -0.384. The normalized spacial score (nSPS) is 15.1. The first-order valence-corrected chi connectivity index (χ1v) is 5.93. The van der Waals surface area contributed by atoms with Gasteiger partial charge in [-0.1, -0.05) is 11.6 Å². The van der Waals surface area contributed by atoms with Crippen LogP contribution in [0.25, 0.3) is 0 Å². The molecular formula is C12H14ClN3O3. The number of benzene rings is 1. The van der Waals surface area contributed by atoms with Crippen LogP contribution in [-0.4, -0.2) is 16.6 Å². The van der Waals surface area contributed by atoms with Gasteiger partial charge in [0.2, 0.25) is 0 Å². The van der Waals surface area contributed by atoms with Crippen LogP contribution in [0.5, 0.6) is 5.75 Å². The summed E-state index contributed by atoms with van der Waals surface area (Å²) < 4.78 is 5.53. The highest BCUT2D eigenvalue weighted by molar-refractivity contribution is 6.32. The Morgan fingerprint density at radius 3 is 2.79 bits per heavy atom. The topological polar surface area (TPSA) is 102 Å². The Balaban J connectivity index is 2.76. The molecule has 2 N–H and O–H groups in total. The number of nitrogens with two attached hydrogens (primary N) is 1. The zero-order valence-corrected chi connectivity index (χ0v) is 11.3. The molecule has 0 saturated heterocycles. The Kier molecular flexibility index (Phi) is 4.70. The molecule has 0 amide bonds. The molecule has 19 heavy (non-hydrogen) atoms. The molecule has 0 bridgehead atoms. The van der Waals surface area contributed by atoms with E-state index in [2.05, 4.69) is 0 Å². The van der Waals surface area contributed by atoms with Crippen LogP contribution in [0, 0.1) is 21.4 Å². The van der Waals surface area contributed by atoms with Crippen molar-refractivity contribution in [1.29, 1.82) is 5.26 Å². The van der Waals surface area contributed by atoms with E-state index in [0.717, 1.165) is 0 Å². The van der Waals surface area contributed by atoms with Crippen molar-refractivity contribution in [2.24, 2.45) is 5.73 Å². The average Bonchev–Trinajstić information content (AvgIpc) is 2.27. The second-order valence-corrected chi connectivity index (χ2v) is 4.94. The van der Waals surface area contributed by atoms with Crippen LogP contribution in [0.3, 0.4) is 0 Å². The maximum absolute atomic E-state index is 10.6. The largest absolute Gasteiger partial charge is 0.491 e. The van der Waals surface area contributed by atoms with Crippen LogP contribution in [-0.2, 0) is 0 Å². The van der Waals surface area contributed by atoms with E-state index in [4.69, 9.17) is 27.3 Å². The number of nitriles is 1. The summed E-state index contributed by atoms with van der Waals surface area (Å²) in [6, 6.07) is 6.08.